The molecule has 0 fully saturated rings. The second kappa shape index (κ2) is 8.06. The smallest absolute Gasteiger partial charge is 0.338 e. The van der Waals surface area contributed by atoms with Crippen LogP contribution < -0.4 is 4.90 Å². The lowest BCUT2D eigenvalue weighted by Crippen LogP contribution is -2.36. The number of ether oxygens (including phenoxy) is 1. The lowest BCUT2D eigenvalue weighted by Gasteiger charge is -2.33. The summed E-state index contributed by atoms with van der Waals surface area (Å²) < 4.78 is 5.28. The molecular formula is C18H29NO2. The van der Waals surface area contributed by atoms with Crippen molar-refractivity contribution in [2.24, 2.45) is 5.92 Å². The number of hydrogen-bond acceptors (Lipinski definition) is 3. The second-order valence-corrected chi connectivity index (χ2v) is 6.46. The van der Waals surface area contributed by atoms with Crippen LogP contribution in [0.5, 0.6) is 0 Å². The molecular weight excluding hydrogens is 262 g/mol. The molecule has 21 heavy (non-hydrogen) atoms. The number of benzene rings is 1. The number of anilines is 1. The van der Waals surface area contributed by atoms with Gasteiger partial charge >= 0.3 is 5.97 Å². The molecule has 0 saturated heterocycles. The Kier molecular flexibility index (Phi) is 6.73. The molecule has 0 bridgehead atoms. The van der Waals surface area contributed by atoms with E-state index in [9.17, 15) is 4.79 Å². The Morgan fingerprint density at radius 2 is 1.52 bits per heavy atom. The van der Waals surface area contributed by atoms with E-state index < -0.39 is 0 Å². The van der Waals surface area contributed by atoms with Crippen molar-refractivity contribution in [1.82, 2.24) is 0 Å². The number of hydrogen-bond donors (Lipinski definition) is 0. The maximum Gasteiger partial charge on any atom is 0.338 e. The van der Waals surface area contributed by atoms with E-state index in [1.54, 1.807) is 0 Å². The fourth-order valence-electron chi connectivity index (χ4n) is 2.43. The average molecular weight is 291 g/mol. The molecule has 1 aromatic rings. The highest BCUT2D eigenvalue weighted by molar-refractivity contribution is 5.89. The van der Waals surface area contributed by atoms with E-state index in [2.05, 4.69) is 46.4 Å². The summed E-state index contributed by atoms with van der Waals surface area (Å²) in [5.74, 6) is 0.314. The quantitative estimate of drug-likeness (QED) is 0.692. The molecule has 0 radical (unpaired) electrons. The minimum Gasteiger partial charge on any atom is -0.462 e. The third kappa shape index (κ3) is 5.41. The first-order valence-corrected chi connectivity index (χ1v) is 7.88. The molecule has 0 aliphatic carbocycles. The fraction of sp³-hybridized carbons (Fsp3) is 0.611. The summed E-state index contributed by atoms with van der Waals surface area (Å²) in [5, 5.41) is 0. The molecule has 118 valence electrons. The molecule has 1 aromatic carbocycles. The largest absolute Gasteiger partial charge is 0.462 e. The van der Waals surface area contributed by atoms with E-state index in [1.165, 1.54) is 0 Å². The number of nitrogens with zero attached hydrogens (tertiary/aromatic N) is 1. The molecule has 0 aliphatic heterocycles. The molecule has 0 heterocycles. The van der Waals surface area contributed by atoms with Crippen molar-refractivity contribution in [3.05, 3.63) is 29.8 Å². The first kappa shape index (κ1) is 17.5. The van der Waals surface area contributed by atoms with Crippen LogP contribution in [0, 0.1) is 5.92 Å². The predicted octanol–water partition coefficient (Wildman–Crippen LogP) is 4.51. The van der Waals surface area contributed by atoms with Gasteiger partial charge in [-0.25, -0.2) is 4.79 Å². The Morgan fingerprint density at radius 1 is 1.00 bits per heavy atom. The van der Waals surface area contributed by atoms with Crippen molar-refractivity contribution in [2.75, 3.05) is 11.5 Å². The Morgan fingerprint density at radius 3 is 1.95 bits per heavy atom. The Bertz CT molecular complexity index is 427. The highest BCUT2D eigenvalue weighted by Crippen LogP contribution is 2.21. The molecule has 0 saturated carbocycles. The van der Waals surface area contributed by atoms with E-state index >= 15 is 0 Å². The summed E-state index contributed by atoms with van der Waals surface area (Å²) in [6.45, 7) is 13.4. The first-order valence-electron chi connectivity index (χ1n) is 7.88. The van der Waals surface area contributed by atoms with Gasteiger partial charge in [-0.15, -0.1) is 0 Å². The molecule has 0 amide bonds. The van der Waals surface area contributed by atoms with E-state index in [0.29, 0.717) is 30.2 Å². The number of carbonyl (C=O) groups excluding carboxylic acids is 1. The first-order chi connectivity index (χ1) is 9.82. The Balaban J connectivity index is 2.71. The van der Waals surface area contributed by atoms with Gasteiger partial charge in [0.1, 0.15) is 0 Å². The van der Waals surface area contributed by atoms with Crippen LogP contribution in [0.4, 0.5) is 5.69 Å². The van der Waals surface area contributed by atoms with Crippen LogP contribution in [-0.2, 0) is 4.74 Å². The van der Waals surface area contributed by atoms with Crippen LogP contribution in [0.2, 0.25) is 0 Å². The third-order valence-corrected chi connectivity index (χ3v) is 3.44. The molecule has 1 rings (SSSR count). The van der Waals surface area contributed by atoms with Crippen molar-refractivity contribution in [2.45, 2.75) is 60.0 Å². The van der Waals surface area contributed by atoms with E-state index in [1.807, 2.05) is 24.3 Å². The van der Waals surface area contributed by atoms with Crippen molar-refractivity contribution in [3.63, 3.8) is 0 Å². The van der Waals surface area contributed by atoms with Crippen molar-refractivity contribution >= 4 is 11.7 Å². The van der Waals surface area contributed by atoms with Gasteiger partial charge < -0.3 is 9.64 Å². The topological polar surface area (TPSA) is 29.5 Å². The maximum absolute atomic E-state index is 11.9. The minimum absolute atomic E-state index is 0.233. The maximum atomic E-state index is 11.9. The van der Waals surface area contributed by atoms with Crippen LogP contribution in [0.1, 0.15) is 58.3 Å². The minimum atomic E-state index is -0.233. The molecule has 0 unspecified atom stereocenters. The summed E-state index contributed by atoms with van der Waals surface area (Å²) in [6, 6.07) is 8.55. The lowest BCUT2D eigenvalue weighted by atomic mass is 10.1. The molecule has 0 N–H and O–H groups in total. The van der Waals surface area contributed by atoms with E-state index in [4.69, 9.17) is 4.74 Å². The zero-order valence-corrected chi connectivity index (χ0v) is 14.2. The lowest BCUT2D eigenvalue weighted by molar-refractivity contribution is 0.0488. The third-order valence-electron chi connectivity index (χ3n) is 3.44. The van der Waals surface area contributed by atoms with Crippen LogP contribution in [0.15, 0.2) is 24.3 Å². The summed E-state index contributed by atoms with van der Waals surface area (Å²) in [4.78, 5) is 14.3. The van der Waals surface area contributed by atoms with Gasteiger partial charge in [0, 0.05) is 17.8 Å². The zero-order chi connectivity index (χ0) is 16.0. The van der Waals surface area contributed by atoms with Gasteiger partial charge in [0.15, 0.2) is 0 Å². The SMILES string of the molecule is CC(C)CCOC(=O)c1ccc(N(C(C)C)C(C)C)cc1. The molecule has 0 aromatic heterocycles. The number of esters is 1. The average Bonchev–Trinajstić information content (AvgIpc) is 2.38. The molecule has 0 atom stereocenters. The summed E-state index contributed by atoms with van der Waals surface area (Å²) in [5.41, 5.74) is 1.76. The second-order valence-electron chi connectivity index (χ2n) is 6.46. The summed E-state index contributed by atoms with van der Waals surface area (Å²) in [6.07, 6.45) is 0.901. The van der Waals surface area contributed by atoms with Gasteiger partial charge in [-0.2, -0.15) is 0 Å². The fourth-order valence-corrected chi connectivity index (χ4v) is 2.43. The molecule has 0 aliphatic rings. The van der Waals surface area contributed by atoms with Crippen LogP contribution in [0.25, 0.3) is 0 Å². The number of rotatable bonds is 7. The van der Waals surface area contributed by atoms with Gasteiger partial charge in [0.05, 0.1) is 12.2 Å². The van der Waals surface area contributed by atoms with Gasteiger partial charge in [0.2, 0.25) is 0 Å². The normalized spacial score (nSPS) is 11.3. The molecule has 3 nitrogen and oxygen atoms in total. The highest BCUT2D eigenvalue weighted by atomic mass is 16.5. The number of carbonyl (C=O) groups is 1. The van der Waals surface area contributed by atoms with Crippen molar-refractivity contribution < 1.29 is 9.53 Å². The van der Waals surface area contributed by atoms with Gasteiger partial charge in [0.25, 0.3) is 0 Å². The van der Waals surface area contributed by atoms with E-state index in [-0.39, 0.29) is 5.97 Å². The van der Waals surface area contributed by atoms with Crippen molar-refractivity contribution in [1.29, 1.82) is 0 Å². The predicted molar refractivity (Wildman–Crippen MR) is 88.9 cm³/mol. The van der Waals surface area contributed by atoms with Gasteiger partial charge in [-0.1, -0.05) is 13.8 Å². The van der Waals surface area contributed by atoms with Crippen LogP contribution in [0.3, 0.4) is 0 Å². The van der Waals surface area contributed by atoms with Gasteiger partial charge in [-0.05, 0) is 64.3 Å². The Hall–Kier alpha value is -1.51. The Labute approximate surface area is 129 Å². The van der Waals surface area contributed by atoms with Crippen LogP contribution >= 0.6 is 0 Å². The monoisotopic (exact) mass is 291 g/mol. The van der Waals surface area contributed by atoms with E-state index in [0.717, 1.165) is 12.1 Å². The van der Waals surface area contributed by atoms with Crippen LogP contribution in [-0.4, -0.2) is 24.7 Å². The summed E-state index contributed by atoms with van der Waals surface area (Å²) >= 11 is 0. The zero-order valence-electron chi connectivity index (χ0n) is 14.2. The summed E-state index contributed by atoms with van der Waals surface area (Å²) in [7, 11) is 0. The van der Waals surface area contributed by atoms with Gasteiger partial charge in [-0.3, -0.25) is 0 Å². The standard InChI is InChI=1S/C18H29NO2/c1-13(2)11-12-21-18(20)16-7-9-17(10-8-16)19(14(3)4)15(5)6/h7-10,13-15H,11-12H2,1-6H3. The molecule has 3 heteroatoms. The molecule has 0 spiro atoms. The highest BCUT2D eigenvalue weighted by Gasteiger charge is 2.15. The van der Waals surface area contributed by atoms with Crippen molar-refractivity contribution in [3.8, 4) is 0 Å².